The molecule has 3 N–H and O–H groups in total. The van der Waals surface area contributed by atoms with Crippen molar-refractivity contribution in [3.8, 4) is 17.4 Å². The predicted molar refractivity (Wildman–Crippen MR) is 97.4 cm³/mol. The number of aromatic nitrogens is 1. The maximum Gasteiger partial charge on any atom is 0.213 e. The topological polar surface area (TPSA) is 91.0 Å². The first kappa shape index (κ1) is 18.4. The molecule has 1 heterocycles. The molecule has 0 aliphatic heterocycles. The van der Waals surface area contributed by atoms with Gasteiger partial charge in [0.25, 0.3) is 0 Å². The third-order valence-electron chi connectivity index (χ3n) is 3.57. The minimum atomic E-state index is 0.380. The van der Waals surface area contributed by atoms with Crippen LogP contribution in [0.25, 0.3) is 0 Å². The number of methoxy groups -OCH3 is 3. The summed E-state index contributed by atoms with van der Waals surface area (Å²) >= 11 is 0. The van der Waals surface area contributed by atoms with E-state index in [1.54, 1.807) is 27.4 Å². The van der Waals surface area contributed by atoms with Gasteiger partial charge in [0.1, 0.15) is 0 Å². The first-order valence-corrected chi connectivity index (χ1v) is 7.91. The van der Waals surface area contributed by atoms with Crippen molar-refractivity contribution in [1.29, 1.82) is 0 Å². The molecule has 2 aromatic rings. The number of guanidine groups is 1. The second-order valence-electron chi connectivity index (χ2n) is 5.24. The summed E-state index contributed by atoms with van der Waals surface area (Å²) < 4.78 is 15.6. The van der Waals surface area contributed by atoms with Crippen LogP contribution >= 0.6 is 0 Å². The molecule has 0 saturated carbocycles. The van der Waals surface area contributed by atoms with Crippen LogP contribution in [0.4, 0.5) is 0 Å². The fourth-order valence-electron chi connectivity index (χ4n) is 2.25. The Morgan fingerprint density at radius 2 is 1.88 bits per heavy atom. The summed E-state index contributed by atoms with van der Waals surface area (Å²) in [5.41, 5.74) is 7.81. The van der Waals surface area contributed by atoms with Gasteiger partial charge in [0, 0.05) is 12.6 Å². The molecule has 7 nitrogen and oxygen atoms in total. The number of hydrogen-bond donors (Lipinski definition) is 2. The molecule has 0 fully saturated rings. The van der Waals surface area contributed by atoms with Crippen molar-refractivity contribution in [2.45, 2.75) is 13.0 Å². The minimum Gasteiger partial charge on any atom is -0.493 e. The van der Waals surface area contributed by atoms with E-state index in [9.17, 15) is 0 Å². The van der Waals surface area contributed by atoms with Crippen LogP contribution in [0.15, 0.2) is 41.4 Å². The predicted octanol–water partition coefficient (Wildman–Crippen LogP) is 1.75. The Bertz CT molecular complexity index is 719. The average molecular weight is 344 g/mol. The Kier molecular flexibility index (Phi) is 6.88. The van der Waals surface area contributed by atoms with Crippen molar-refractivity contribution >= 4 is 5.96 Å². The Balaban J connectivity index is 1.84. The molecular formula is C18H24N4O3. The van der Waals surface area contributed by atoms with Gasteiger partial charge in [-0.2, -0.15) is 0 Å². The van der Waals surface area contributed by atoms with Gasteiger partial charge < -0.3 is 25.3 Å². The van der Waals surface area contributed by atoms with Crippen LogP contribution in [0.2, 0.25) is 0 Å². The lowest BCUT2D eigenvalue weighted by Crippen LogP contribution is -2.33. The number of hydrogen-bond acceptors (Lipinski definition) is 5. The first-order valence-electron chi connectivity index (χ1n) is 7.91. The molecule has 25 heavy (non-hydrogen) atoms. The highest BCUT2D eigenvalue weighted by molar-refractivity contribution is 5.77. The molecule has 0 bridgehead atoms. The second-order valence-corrected chi connectivity index (χ2v) is 5.24. The van der Waals surface area contributed by atoms with Gasteiger partial charge >= 0.3 is 0 Å². The fourth-order valence-corrected chi connectivity index (χ4v) is 2.25. The molecule has 0 radical (unpaired) electrons. The highest BCUT2D eigenvalue weighted by atomic mass is 16.5. The average Bonchev–Trinajstić information content (AvgIpc) is 2.66. The molecule has 0 unspecified atom stereocenters. The monoisotopic (exact) mass is 344 g/mol. The number of aliphatic imine (C=N–C) groups is 1. The number of nitrogens with two attached hydrogens (primary N) is 1. The molecule has 0 spiro atoms. The third kappa shape index (κ3) is 5.56. The van der Waals surface area contributed by atoms with Crippen molar-refractivity contribution in [2.24, 2.45) is 10.7 Å². The molecule has 134 valence electrons. The van der Waals surface area contributed by atoms with Crippen molar-refractivity contribution < 1.29 is 14.2 Å². The fraction of sp³-hybridized carbons (Fsp3) is 0.333. The summed E-state index contributed by atoms with van der Waals surface area (Å²) in [5.74, 6) is 2.37. The summed E-state index contributed by atoms with van der Waals surface area (Å²) in [6.07, 6.45) is 0.786. The van der Waals surface area contributed by atoms with Gasteiger partial charge in [0.15, 0.2) is 17.5 Å². The zero-order valence-electron chi connectivity index (χ0n) is 14.8. The van der Waals surface area contributed by atoms with Crippen molar-refractivity contribution in [3.63, 3.8) is 0 Å². The highest BCUT2D eigenvalue weighted by Crippen LogP contribution is 2.27. The summed E-state index contributed by atoms with van der Waals surface area (Å²) in [4.78, 5) is 8.57. The molecule has 0 aliphatic rings. The van der Waals surface area contributed by atoms with Crippen LogP contribution in [0, 0.1) is 0 Å². The van der Waals surface area contributed by atoms with E-state index in [4.69, 9.17) is 19.9 Å². The number of nitrogens with one attached hydrogen (secondary N) is 1. The SMILES string of the molecule is COc1cccc(CN=C(N)NCCc2ccc(OC)c(OC)c2)n1. The van der Waals surface area contributed by atoms with Gasteiger partial charge in [-0.3, -0.25) is 0 Å². The van der Waals surface area contributed by atoms with Crippen LogP contribution in [-0.4, -0.2) is 38.8 Å². The molecule has 0 saturated heterocycles. The maximum absolute atomic E-state index is 5.89. The zero-order valence-corrected chi connectivity index (χ0v) is 14.8. The quantitative estimate of drug-likeness (QED) is 0.560. The molecule has 1 aromatic carbocycles. The molecule has 1 aromatic heterocycles. The lowest BCUT2D eigenvalue weighted by molar-refractivity contribution is 0.354. The van der Waals surface area contributed by atoms with E-state index in [1.807, 2.05) is 30.3 Å². The normalized spacial score (nSPS) is 11.1. The van der Waals surface area contributed by atoms with Crippen LogP contribution in [0.5, 0.6) is 17.4 Å². The number of pyridine rings is 1. The number of rotatable bonds is 8. The van der Waals surface area contributed by atoms with Gasteiger partial charge in [-0.05, 0) is 30.2 Å². The molecule has 2 rings (SSSR count). The van der Waals surface area contributed by atoms with Crippen LogP contribution < -0.4 is 25.3 Å². The summed E-state index contributed by atoms with van der Waals surface area (Å²) in [5, 5.41) is 3.09. The van der Waals surface area contributed by atoms with Gasteiger partial charge in [-0.1, -0.05) is 12.1 Å². The third-order valence-corrected chi connectivity index (χ3v) is 3.57. The molecular weight excluding hydrogens is 320 g/mol. The number of benzene rings is 1. The van der Waals surface area contributed by atoms with Gasteiger partial charge in [-0.25, -0.2) is 9.98 Å². The van der Waals surface area contributed by atoms with Crippen molar-refractivity contribution in [1.82, 2.24) is 10.3 Å². The lowest BCUT2D eigenvalue weighted by Gasteiger charge is -2.10. The van der Waals surface area contributed by atoms with E-state index in [0.717, 1.165) is 17.7 Å². The van der Waals surface area contributed by atoms with Crippen LogP contribution in [0.3, 0.4) is 0 Å². The second kappa shape index (κ2) is 9.36. The number of nitrogens with zero attached hydrogens (tertiary/aromatic N) is 2. The first-order chi connectivity index (χ1) is 12.2. The van der Waals surface area contributed by atoms with E-state index in [0.29, 0.717) is 36.4 Å². The Morgan fingerprint density at radius 1 is 1.08 bits per heavy atom. The van der Waals surface area contributed by atoms with E-state index < -0.39 is 0 Å². The Morgan fingerprint density at radius 3 is 2.60 bits per heavy atom. The van der Waals surface area contributed by atoms with Crippen molar-refractivity contribution in [2.75, 3.05) is 27.9 Å². The Labute approximate surface area is 147 Å². The highest BCUT2D eigenvalue weighted by Gasteiger charge is 2.04. The van der Waals surface area contributed by atoms with Gasteiger partial charge in [0.05, 0.1) is 33.6 Å². The van der Waals surface area contributed by atoms with E-state index >= 15 is 0 Å². The number of ether oxygens (including phenoxy) is 3. The molecule has 0 aliphatic carbocycles. The summed E-state index contributed by atoms with van der Waals surface area (Å²) in [6, 6.07) is 11.4. The minimum absolute atomic E-state index is 0.380. The Hall–Kier alpha value is -2.96. The van der Waals surface area contributed by atoms with Gasteiger partial charge in [0.2, 0.25) is 5.88 Å². The smallest absolute Gasteiger partial charge is 0.213 e. The van der Waals surface area contributed by atoms with Gasteiger partial charge in [-0.15, -0.1) is 0 Å². The van der Waals surface area contributed by atoms with E-state index in [-0.39, 0.29) is 0 Å². The van der Waals surface area contributed by atoms with Crippen LogP contribution in [0.1, 0.15) is 11.3 Å². The lowest BCUT2D eigenvalue weighted by atomic mass is 10.1. The zero-order chi connectivity index (χ0) is 18.1. The van der Waals surface area contributed by atoms with E-state index in [2.05, 4.69) is 15.3 Å². The molecule has 7 heteroatoms. The van der Waals surface area contributed by atoms with E-state index in [1.165, 1.54) is 0 Å². The standard InChI is InChI=1S/C18H24N4O3/c1-23-15-8-7-13(11-16(15)24-2)9-10-20-18(19)21-12-14-5-4-6-17(22-14)25-3/h4-8,11H,9-10,12H2,1-3H3,(H3,19,20,21). The summed E-state index contributed by atoms with van der Waals surface area (Å²) in [6.45, 7) is 1.06. The largest absolute Gasteiger partial charge is 0.493 e. The van der Waals surface area contributed by atoms with Crippen molar-refractivity contribution in [3.05, 3.63) is 47.7 Å². The molecule has 0 atom stereocenters. The van der Waals surface area contributed by atoms with Crippen LogP contribution in [-0.2, 0) is 13.0 Å². The maximum atomic E-state index is 5.89. The molecule has 0 amide bonds. The summed E-state index contributed by atoms with van der Waals surface area (Å²) in [7, 11) is 4.82.